The fraction of sp³-hybridized carbons (Fsp3) is 1.00. The molecule has 0 heterocycles. The van der Waals surface area contributed by atoms with Crippen LogP contribution >= 0.6 is 15.9 Å². The van der Waals surface area contributed by atoms with Crippen molar-refractivity contribution >= 4 is 25.8 Å². The number of halogens is 1. The highest BCUT2D eigenvalue weighted by molar-refractivity contribution is 9.09. The number of sulfone groups is 1. The van der Waals surface area contributed by atoms with Crippen molar-refractivity contribution in [2.45, 2.75) is 38.9 Å². The molecule has 98 valence electrons. The van der Waals surface area contributed by atoms with E-state index in [-0.39, 0.29) is 5.75 Å². The van der Waals surface area contributed by atoms with Gasteiger partial charge in [-0.05, 0) is 40.3 Å². The second kappa shape index (κ2) is 6.97. The van der Waals surface area contributed by atoms with Gasteiger partial charge in [0.2, 0.25) is 0 Å². The van der Waals surface area contributed by atoms with E-state index in [9.17, 15) is 8.42 Å². The van der Waals surface area contributed by atoms with Crippen LogP contribution in [-0.4, -0.2) is 48.8 Å². The molecule has 0 aliphatic heterocycles. The summed E-state index contributed by atoms with van der Waals surface area (Å²) in [4.78, 5) is 2.19. The van der Waals surface area contributed by atoms with Crippen molar-refractivity contribution in [2.75, 3.05) is 30.7 Å². The Bertz CT molecular complexity index is 283. The van der Waals surface area contributed by atoms with E-state index in [4.69, 9.17) is 0 Å². The third-order valence-electron chi connectivity index (χ3n) is 2.66. The number of alkyl halides is 1. The first-order valence-electron chi connectivity index (χ1n) is 5.75. The maximum absolute atomic E-state index is 11.9. The molecule has 0 aliphatic rings. The van der Waals surface area contributed by atoms with Gasteiger partial charge < -0.3 is 4.90 Å². The van der Waals surface area contributed by atoms with Crippen LogP contribution in [0.5, 0.6) is 0 Å². The first-order chi connectivity index (χ1) is 7.24. The fourth-order valence-corrected chi connectivity index (χ4v) is 2.63. The van der Waals surface area contributed by atoms with Crippen LogP contribution in [0.25, 0.3) is 0 Å². The summed E-state index contributed by atoms with van der Waals surface area (Å²) in [6.45, 7) is 9.86. The number of rotatable bonds is 7. The Kier molecular flexibility index (Phi) is 7.14. The van der Waals surface area contributed by atoms with Crippen molar-refractivity contribution < 1.29 is 8.42 Å². The van der Waals surface area contributed by atoms with Gasteiger partial charge in [0.15, 0.2) is 9.84 Å². The predicted octanol–water partition coefficient (Wildman–Crippen LogP) is 2.31. The third-order valence-corrected chi connectivity index (χ3v) is 5.81. The average molecular weight is 314 g/mol. The molecule has 0 aromatic rings. The second-order valence-electron chi connectivity index (χ2n) is 4.91. The van der Waals surface area contributed by atoms with Crippen LogP contribution in [0.1, 0.15) is 34.1 Å². The molecule has 0 saturated heterocycles. The lowest BCUT2D eigenvalue weighted by Crippen LogP contribution is -2.37. The zero-order valence-electron chi connectivity index (χ0n) is 10.8. The van der Waals surface area contributed by atoms with Gasteiger partial charge in [0.05, 0.1) is 10.5 Å². The van der Waals surface area contributed by atoms with Crippen LogP contribution < -0.4 is 0 Å². The normalized spacial score (nSPS) is 13.4. The van der Waals surface area contributed by atoms with E-state index in [1.807, 2.05) is 0 Å². The maximum Gasteiger partial charge on any atom is 0.156 e. The molecule has 16 heavy (non-hydrogen) atoms. The lowest BCUT2D eigenvalue weighted by molar-refractivity contribution is 0.306. The van der Waals surface area contributed by atoms with Gasteiger partial charge in [-0.1, -0.05) is 22.9 Å². The highest BCUT2D eigenvalue weighted by atomic mass is 79.9. The maximum atomic E-state index is 11.9. The zero-order chi connectivity index (χ0) is 12.8. The topological polar surface area (TPSA) is 37.4 Å². The molecule has 0 saturated carbocycles. The smallest absolute Gasteiger partial charge is 0.156 e. The summed E-state index contributed by atoms with van der Waals surface area (Å²) in [6, 6.07) is 0. The minimum Gasteiger partial charge on any atom is -0.303 e. The fourth-order valence-electron chi connectivity index (χ4n) is 1.27. The van der Waals surface area contributed by atoms with E-state index in [0.29, 0.717) is 6.54 Å². The van der Waals surface area contributed by atoms with E-state index in [0.717, 1.165) is 24.8 Å². The molecule has 0 radical (unpaired) electrons. The van der Waals surface area contributed by atoms with Gasteiger partial charge in [-0.15, -0.1) is 0 Å². The summed E-state index contributed by atoms with van der Waals surface area (Å²) in [5, 5.41) is 0.968. The standard InChI is InChI=1S/C11H24BrNO2S/c1-5-13(8-6-7-12)9-10-16(14,15)11(2,3)4/h5-10H2,1-4H3. The van der Waals surface area contributed by atoms with Crippen LogP contribution in [0, 0.1) is 0 Å². The Labute approximate surface area is 109 Å². The molecule has 0 unspecified atom stereocenters. The van der Waals surface area contributed by atoms with Crippen LogP contribution in [0.4, 0.5) is 0 Å². The number of hydrogen-bond donors (Lipinski definition) is 0. The first-order valence-corrected chi connectivity index (χ1v) is 8.52. The van der Waals surface area contributed by atoms with E-state index >= 15 is 0 Å². The molecule has 0 fully saturated rings. The molecule has 5 heteroatoms. The van der Waals surface area contributed by atoms with Gasteiger partial charge in [0.25, 0.3) is 0 Å². The van der Waals surface area contributed by atoms with Crippen molar-refractivity contribution in [3.63, 3.8) is 0 Å². The summed E-state index contributed by atoms with van der Waals surface area (Å²) >= 11 is 3.38. The number of hydrogen-bond acceptors (Lipinski definition) is 3. The Balaban J connectivity index is 4.21. The van der Waals surface area contributed by atoms with Gasteiger partial charge in [0.1, 0.15) is 0 Å². The molecule has 0 amide bonds. The predicted molar refractivity (Wildman–Crippen MR) is 74.1 cm³/mol. The van der Waals surface area contributed by atoms with Gasteiger partial charge in [-0.25, -0.2) is 8.42 Å². The molecule has 3 nitrogen and oxygen atoms in total. The van der Waals surface area contributed by atoms with Crippen molar-refractivity contribution in [1.29, 1.82) is 0 Å². The van der Waals surface area contributed by atoms with Crippen LogP contribution in [0.2, 0.25) is 0 Å². The Hall–Kier alpha value is 0.390. The van der Waals surface area contributed by atoms with Crippen LogP contribution in [0.15, 0.2) is 0 Å². The van der Waals surface area contributed by atoms with E-state index in [2.05, 4.69) is 27.8 Å². The molecule has 0 atom stereocenters. The van der Waals surface area contributed by atoms with Gasteiger partial charge in [-0.3, -0.25) is 0 Å². The highest BCUT2D eigenvalue weighted by Gasteiger charge is 2.28. The average Bonchev–Trinajstić information content (AvgIpc) is 2.16. The van der Waals surface area contributed by atoms with Crippen molar-refractivity contribution in [2.24, 2.45) is 0 Å². The summed E-state index contributed by atoms with van der Waals surface area (Å²) in [7, 11) is -2.98. The van der Waals surface area contributed by atoms with Gasteiger partial charge >= 0.3 is 0 Å². The van der Waals surface area contributed by atoms with E-state index in [1.54, 1.807) is 20.8 Å². The Morgan fingerprint density at radius 1 is 1.19 bits per heavy atom. The van der Waals surface area contributed by atoms with E-state index in [1.165, 1.54) is 0 Å². The lowest BCUT2D eigenvalue weighted by Gasteiger charge is -2.24. The molecular formula is C11H24BrNO2S. The largest absolute Gasteiger partial charge is 0.303 e. The molecule has 0 N–H and O–H groups in total. The monoisotopic (exact) mass is 313 g/mol. The molecule has 0 bridgehead atoms. The molecule has 0 spiro atoms. The first kappa shape index (κ1) is 16.4. The minimum absolute atomic E-state index is 0.257. The SMILES string of the molecule is CCN(CCCBr)CCS(=O)(=O)C(C)(C)C. The summed E-state index contributed by atoms with van der Waals surface area (Å²) < 4.78 is 23.2. The Morgan fingerprint density at radius 2 is 1.75 bits per heavy atom. The second-order valence-corrected chi connectivity index (χ2v) is 8.56. The Morgan fingerprint density at radius 3 is 2.12 bits per heavy atom. The quantitative estimate of drug-likeness (QED) is 0.677. The molecular weight excluding hydrogens is 290 g/mol. The molecule has 0 aliphatic carbocycles. The van der Waals surface area contributed by atoms with Gasteiger partial charge in [0, 0.05) is 11.9 Å². The van der Waals surface area contributed by atoms with Crippen molar-refractivity contribution in [1.82, 2.24) is 4.90 Å². The zero-order valence-corrected chi connectivity index (χ0v) is 13.2. The molecule has 0 aromatic heterocycles. The summed E-state index contributed by atoms with van der Waals surface area (Å²) in [5.41, 5.74) is 0. The summed E-state index contributed by atoms with van der Waals surface area (Å²) in [6.07, 6.45) is 1.06. The van der Waals surface area contributed by atoms with Crippen molar-refractivity contribution in [3.8, 4) is 0 Å². The molecule has 0 aromatic carbocycles. The van der Waals surface area contributed by atoms with E-state index < -0.39 is 14.6 Å². The van der Waals surface area contributed by atoms with Crippen LogP contribution in [0.3, 0.4) is 0 Å². The molecule has 0 rings (SSSR count). The minimum atomic E-state index is -2.98. The lowest BCUT2D eigenvalue weighted by atomic mass is 10.3. The summed E-state index contributed by atoms with van der Waals surface area (Å²) in [5.74, 6) is 0.257. The number of nitrogens with zero attached hydrogens (tertiary/aromatic N) is 1. The highest BCUT2D eigenvalue weighted by Crippen LogP contribution is 2.15. The van der Waals surface area contributed by atoms with Gasteiger partial charge in [-0.2, -0.15) is 0 Å². The van der Waals surface area contributed by atoms with Crippen LogP contribution in [-0.2, 0) is 9.84 Å². The van der Waals surface area contributed by atoms with Crippen molar-refractivity contribution in [3.05, 3.63) is 0 Å². The third kappa shape index (κ3) is 5.64.